The predicted molar refractivity (Wildman–Crippen MR) is 96.1 cm³/mol. The Bertz CT molecular complexity index is 915. The molecule has 0 saturated carbocycles. The third-order valence-corrected chi connectivity index (χ3v) is 5.13. The fraction of sp³-hybridized carbons (Fsp3) is 0.294. The van der Waals surface area contributed by atoms with Gasteiger partial charge in [0.1, 0.15) is 6.54 Å². The minimum Gasteiger partial charge on any atom is -0.493 e. The van der Waals surface area contributed by atoms with Crippen LogP contribution in [0.1, 0.15) is 5.56 Å². The number of benzene rings is 2. The van der Waals surface area contributed by atoms with Gasteiger partial charge in [0.15, 0.2) is 11.5 Å². The molecule has 0 atom stereocenters. The van der Waals surface area contributed by atoms with Crippen LogP contribution in [0.25, 0.3) is 0 Å². The highest BCUT2D eigenvalue weighted by atomic mass is 32.2. The zero-order valence-corrected chi connectivity index (χ0v) is 15.7. The van der Waals surface area contributed by atoms with Gasteiger partial charge in [0, 0.05) is 6.07 Å². The Balaban J connectivity index is 2.38. The summed E-state index contributed by atoms with van der Waals surface area (Å²) in [7, 11) is -1.29. The third kappa shape index (κ3) is 5.19. The van der Waals surface area contributed by atoms with E-state index in [0.29, 0.717) is 11.3 Å². The molecule has 0 aliphatic heterocycles. The SMILES string of the molecule is COc1cc(C)c(S(=O)(=O)Nc2ccccc2NCC(F)(F)F)cc1OC. The number of methoxy groups -OCH3 is 2. The van der Waals surface area contributed by atoms with Crippen LogP contribution in [0.5, 0.6) is 11.5 Å². The molecule has 0 bridgehead atoms. The molecule has 0 unspecified atom stereocenters. The van der Waals surface area contributed by atoms with Crippen molar-refractivity contribution in [2.45, 2.75) is 18.0 Å². The largest absolute Gasteiger partial charge is 0.493 e. The molecule has 6 nitrogen and oxygen atoms in total. The molecule has 10 heteroatoms. The van der Waals surface area contributed by atoms with E-state index in [2.05, 4.69) is 10.0 Å². The lowest BCUT2D eigenvalue weighted by Gasteiger charge is -2.17. The molecular formula is C17H19F3N2O4S. The van der Waals surface area contributed by atoms with Crippen LogP contribution < -0.4 is 19.5 Å². The third-order valence-electron chi connectivity index (χ3n) is 3.62. The van der Waals surface area contributed by atoms with Gasteiger partial charge in [-0.1, -0.05) is 12.1 Å². The fourth-order valence-corrected chi connectivity index (χ4v) is 3.70. The summed E-state index contributed by atoms with van der Waals surface area (Å²) in [4.78, 5) is -0.0780. The van der Waals surface area contributed by atoms with Crippen molar-refractivity contribution >= 4 is 21.4 Å². The van der Waals surface area contributed by atoms with Gasteiger partial charge in [-0.2, -0.15) is 13.2 Å². The summed E-state index contributed by atoms with van der Waals surface area (Å²) in [6, 6.07) is 8.52. The molecule has 0 amide bonds. The van der Waals surface area contributed by atoms with Gasteiger partial charge in [0.2, 0.25) is 0 Å². The molecule has 0 aliphatic carbocycles. The van der Waals surface area contributed by atoms with Crippen molar-refractivity contribution in [3.05, 3.63) is 42.0 Å². The maximum absolute atomic E-state index is 12.8. The molecule has 27 heavy (non-hydrogen) atoms. The average molecular weight is 404 g/mol. The van der Waals surface area contributed by atoms with Crippen molar-refractivity contribution in [3.63, 3.8) is 0 Å². The van der Waals surface area contributed by atoms with Crippen molar-refractivity contribution in [2.24, 2.45) is 0 Å². The number of hydrogen-bond acceptors (Lipinski definition) is 5. The number of ether oxygens (including phenoxy) is 2. The van der Waals surface area contributed by atoms with Gasteiger partial charge < -0.3 is 14.8 Å². The quantitative estimate of drug-likeness (QED) is 0.734. The molecule has 0 radical (unpaired) electrons. The van der Waals surface area contributed by atoms with Crippen LogP contribution >= 0.6 is 0 Å². The molecule has 2 rings (SSSR count). The Morgan fingerprint density at radius 3 is 2.11 bits per heavy atom. The topological polar surface area (TPSA) is 76.7 Å². The van der Waals surface area contributed by atoms with Crippen LogP contribution in [0.3, 0.4) is 0 Å². The highest BCUT2D eigenvalue weighted by Gasteiger charge is 2.27. The Labute approximate surface area is 155 Å². The second kappa shape index (κ2) is 7.95. The minimum atomic E-state index is -4.44. The number of anilines is 2. The zero-order valence-electron chi connectivity index (χ0n) is 14.8. The molecule has 0 aliphatic rings. The summed E-state index contributed by atoms with van der Waals surface area (Å²) in [6.07, 6.45) is -4.44. The van der Waals surface area contributed by atoms with Gasteiger partial charge in [-0.15, -0.1) is 0 Å². The number of rotatable bonds is 7. The molecule has 2 aromatic rings. The Kier molecular flexibility index (Phi) is 6.09. The fourth-order valence-electron chi connectivity index (χ4n) is 2.37. The van der Waals surface area contributed by atoms with E-state index in [-0.39, 0.29) is 22.0 Å². The summed E-state index contributed by atoms with van der Waals surface area (Å²) in [6.45, 7) is 0.283. The summed E-state index contributed by atoms with van der Waals surface area (Å²) in [5, 5.41) is 2.19. The van der Waals surface area contributed by atoms with Crippen LogP contribution in [0.2, 0.25) is 0 Å². The van der Waals surface area contributed by atoms with Crippen LogP contribution in [0, 0.1) is 6.92 Å². The number of para-hydroxylation sites is 2. The lowest BCUT2D eigenvalue weighted by Crippen LogP contribution is -2.22. The molecule has 0 saturated heterocycles. The average Bonchev–Trinajstić information content (AvgIpc) is 2.59. The maximum Gasteiger partial charge on any atom is 0.405 e. The van der Waals surface area contributed by atoms with Gasteiger partial charge in [-0.25, -0.2) is 8.42 Å². The lowest BCUT2D eigenvalue weighted by molar-refractivity contribution is -0.115. The van der Waals surface area contributed by atoms with Crippen LogP contribution in [0.15, 0.2) is 41.3 Å². The van der Waals surface area contributed by atoms with E-state index >= 15 is 0 Å². The first kappa shape index (κ1) is 20.7. The van der Waals surface area contributed by atoms with E-state index in [1.165, 1.54) is 50.6 Å². The Morgan fingerprint density at radius 1 is 1.00 bits per heavy atom. The molecule has 0 heterocycles. The van der Waals surface area contributed by atoms with Crippen LogP contribution in [-0.4, -0.2) is 35.4 Å². The minimum absolute atomic E-state index is 0.00376. The Hall–Kier alpha value is -2.62. The van der Waals surface area contributed by atoms with Crippen molar-refractivity contribution < 1.29 is 31.1 Å². The summed E-state index contributed by atoms with van der Waals surface area (Å²) >= 11 is 0. The highest BCUT2D eigenvalue weighted by molar-refractivity contribution is 7.92. The number of sulfonamides is 1. The summed E-state index contributed by atoms with van der Waals surface area (Å²) in [5.74, 6) is 0.577. The monoisotopic (exact) mass is 404 g/mol. The van der Waals surface area contributed by atoms with Crippen LogP contribution in [-0.2, 0) is 10.0 Å². The van der Waals surface area contributed by atoms with Crippen LogP contribution in [0.4, 0.5) is 24.5 Å². The maximum atomic E-state index is 12.8. The van der Waals surface area contributed by atoms with Gasteiger partial charge in [-0.05, 0) is 30.7 Å². The van der Waals surface area contributed by atoms with E-state index < -0.39 is 22.7 Å². The second-order valence-electron chi connectivity index (χ2n) is 5.59. The van der Waals surface area contributed by atoms with Gasteiger partial charge in [0.05, 0.1) is 30.5 Å². The number of alkyl halides is 3. The van der Waals surface area contributed by atoms with Crippen molar-refractivity contribution in [1.29, 1.82) is 0 Å². The van der Waals surface area contributed by atoms with Gasteiger partial charge in [-0.3, -0.25) is 4.72 Å². The predicted octanol–water partition coefficient (Wildman–Crippen LogP) is 3.79. The van der Waals surface area contributed by atoms with Crippen molar-refractivity contribution in [3.8, 4) is 11.5 Å². The van der Waals surface area contributed by atoms with Crippen molar-refractivity contribution in [1.82, 2.24) is 0 Å². The van der Waals surface area contributed by atoms with E-state index in [9.17, 15) is 21.6 Å². The molecule has 148 valence electrons. The Morgan fingerprint density at radius 2 is 1.56 bits per heavy atom. The number of aryl methyl sites for hydroxylation is 1. The van der Waals surface area contributed by atoms with Gasteiger partial charge in [0.25, 0.3) is 10.0 Å². The summed E-state index contributed by atoms with van der Waals surface area (Å²) in [5.41, 5.74) is 0.397. The number of halogens is 3. The molecule has 0 aromatic heterocycles. The van der Waals surface area contributed by atoms with E-state index in [1.807, 2.05) is 0 Å². The molecular weight excluding hydrogens is 385 g/mol. The number of hydrogen-bond donors (Lipinski definition) is 2. The van der Waals surface area contributed by atoms with E-state index in [0.717, 1.165) is 0 Å². The van der Waals surface area contributed by atoms with Gasteiger partial charge >= 0.3 is 6.18 Å². The first-order valence-electron chi connectivity index (χ1n) is 7.72. The van der Waals surface area contributed by atoms with E-state index in [4.69, 9.17) is 9.47 Å². The molecule has 0 fully saturated rings. The summed E-state index contributed by atoms with van der Waals surface area (Å²) < 4.78 is 75.5. The molecule has 2 aromatic carbocycles. The van der Waals surface area contributed by atoms with Crippen molar-refractivity contribution in [2.75, 3.05) is 30.8 Å². The molecule has 0 spiro atoms. The normalized spacial score (nSPS) is 11.8. The first-order valence-corrected chi connectivity index (χ1v) is 9.21. The first-order chi connectivity index (χ1) is 12.6. The highest BCUT2D eigenvalue weighted by Crippen LogP contribution is 2.34. The molecule has 2 N–H and O–H groups in total. The number of nitrogens with one attached hydrogen (secondary N) is 2. The smallest absolute Gasteiger partial charge is 0.405 e. The standard InChI is InChI=1S/C17H19F3N2O4S/c1-11-8-14(25-2)15(26-3)9-16(11)27(23,24)22-13-7-5-4-6-12(13)21-10-17(18,19)20/h4-9,21-22H,10H2,1-3H3. The van der Waals surface area contributed by atoms with E-state index in [1.54, 1.807) is 6.92 Å². The second-order valence-corrected chi connectivity index (χ2v) is 7.24. The lowest BCUT2D eigenvalue weighted by atomic mass is 10.2. The zero-order chi connectivity index (χ0) is 20.2.